The van der Waals surface area contributed by atoms with Crippen LogP contribution >= 0.6 is 0 Å². The molecule has 0 atom stereocenters. The van der Waals surface area contributed by atoms with Crippen molar-refractivity contribution in [3.05, 3.63) is 181 Å². The third-order valence-corrected chi connectivity index (χ3v) is 10.9. The third kappa shape index (κ3) is 4.50. The Bertz CT molecular complexity index is 3460. The highest BCUT2D eigenvalue weighted by Gasteiger charge is 2.22. The fraction of sp³-hybridized carbons (Fsp3) is 0. The van der Waals surface area contributed by atoms with Crippen molar-refractivity contribution in [1.29, 1.82) is 10.5 Å². The minimum Gasteiger partial charge on any atom is -0.309 e. The molecule has 0 aliphatic heterocycles. The minimum absolute atomic E-state index is 0.563. The van der Waals surface area contributed by atoms with Crippen LogP contribution in [-0.2, 0) is 0 Å². The number of rotatable bonds is 4. The van der Waals surface area contributed by atoms with Crippen LogP contribution in [0.15, 0.2) is 170 Å². The Morgan fingerprint density at radius 3 is 1.76 bits per heavy atom. The van der Waals surface area contributed by atoms with Crippen molar-refractivity contribution >= 4 is 65.4 Å². The van der Waals surface area contributed by atoms with Crippen LogP contribution < -0.4 is 0 Å². The molecule has 0 spiro atoms. The number of fused-ring (bicyclic) bond motifs is 10. The van der Waals surface area contributed by atoms with E-state index in [1.165, 1.54) is 10.8 Å². The first-order valence-electron chi connectivity index (χ1n) is 18.2. The second-order valence-electron chi connectivity index (χ2n) is 13.9. The van der Waals surface area contributed by atoms with Crippen molar-refractivity contribution in [2.45, 2.75) is 0 Å². The summed E-state index contributed by atoms with van der Waals surface area (Å²) in [5.74, 6) is 0. The van der Waals surface area contributed by atoms with E-state index >= 15 is 0 Å². The van der Waals surface area contributed by atoms with Crippen LogP contribution in [0.25, 0.3) is 93.6 Å². The molecule has 0 aliphatic carbocycles. The van der Waals surface area contributed by atoms with E-state index in [1.807, 2.05) is 54.9 Å². The smallest absolute Gasteiger partial charge is 0.0992 e. The number of benzene rings is 7. The van der Waals surface area contributed by atoms with Crippen molar-refractivity contribution in [2.24, 2.45) is 0 Å². The van der Waals surface area contributed by atoms with E-state index in [4.69, 9.17) is 0 Å². The van der Waals surface area contributed by atoms with E-state index in [9.17, 15) is 10.5 Å². The molecule has 0 aliphatic rings. The van der Waals surface area contributed by atoms with Gasteiger partial charge in [0.1, 0.15) is 0 Å². The van der Waals surface area contributed by atoms with Crippen LogP contribution in [0.2, 0.25) is 0 Å². The number of hydrogen-bond donors (Lipinski definition) is 0. The third-order valence-electron chi connectivity index (χ3n) is 10.9. The molecular weight excluding hydrogens is 673 g/mol. The topological polar surface area (TPSA) is 75.3 Å². The van der Waals surface area contributed by atoms with Gasteiger partial charge in [-0.25, -0.2) is 0 Å². The standard InChI is InChI=1S/C49H28N6/c50-28-31-17-20-46-43(25-31)39-14-5-6-15-44(39)53(46)37-24-32(29-51)23-34(27-37)33-9-8-12-36(26-33)55-47-30-52-22-21-40(47)42-19-18-41-38-13-4-7-16-45(38)54(48(41)49(42)55)35-10-2-1-3-11-35/h1-27,30H. The molecule has 55 heavy (non-hydrogen) atoms. The summed E-state index contributed by atoms with van der Waals surface area (Å²) in [7, 11) is 0. The lowest BCUT2D eigenvalue weighted by Gasteiger charge is -2.14. The van der Waals surface area contributed by atoms with Gasteiger partial charge in [0.05, 0.1) is 62.6 Å². The van der Waals surface area contributed by atoms with Crippen LogP contribution in [0, 0.1) is 22.7 Å². The number of nitriles is 2. The van der Waals surface area contributed by atoms with E-state index in [2.05, 4.69) is 146 Å². The lowest BCUT2D eigenvalue weighted by atomic mass is 10.0. The molecular formula is C49H28N6. The van der Waals surface area contributed by atoms with Gasteiger partial charge in [0, 0.05) is 55.6 Å². The molecule has 0 N–H and O–H groups in total. The Labute approximate surface area is 315 Å². The van der Waals surface area contributed by atoms with Crippen LogP contribution in [0.1, 0.15) is 11.1 Å². The molecule has 0 bridgehead atoms. The van der Waals surface area contributed by atoms with E-state index in [-0.39, 0.29) is 0 Å². The highest BCUT2D eigenvalue weighted by Crippen LogP contribution is 2.42. The van der Waals surface area contributed by atoms with Crippen molar-refractivity contribution < 1.29 is 0 Å². The first kappa shape index (κ1) is 30.7. The molecule has 0 radical (unpaired) electrons. The van der Waals surface area contributed by atoms with Gasteiger partial charge in [0.15, 0.2) is 0 Å². The minimum atomic E-state index is 0.563. The van der Waals surface area contributed by atoms with Gasteiger partial charge in [-0.3, -0.25) is 4.98 Å². The Hall–Kier alpha value is -7.93. The lowest BCUT2D eigenvalue weighted by molar-refractivity contribution is 1.14. The zero-order chi connectivity index (χ0) is 36.6. The largest absolute Gasteiger partial charge is 0.309 e. The zero-order valence-corrected chi connectivity index (χ0v) is 29.3. The van der Waals surface area contributed by atoms with Gasteiger partial charge in [0.25, 0.3) is 0 Å². The van der Waals surface area contributed by atoms with E-state index in [0.29, 0.717) is 11.1 Å². The van der Waals surface area contributed by atoms with E-state index in [0.717, 1.165) is 82.8 Å². The Balaban J connectivity index is 1.18. The van der Waals surface area contributed by atoms with Crippen molar-refractivity contribution in [1.82, 2.24) is 18.7 Å². The molecule has 0 saturated carbocycles. The molecule has 0 fully saturated rings. The van der Waals surface area contributed by atoms with Gasteiger partial charge in [0.2, 0.25) is 0 Å². The average molecular weight is 701 g/mol. The number of aromatic nitrogens is 4. The predicted molar refractivity (Wildman–Crippen MR) is 222 cm³/mol. The molecule has 11 rings (SSSR count). The van der Waals surface area contributed by atoms with Crippen LogP contribution in [0.5, 0.6) is 0 Å². The molecule has 254 valence electrons. The Morgan fingerprint density at radius 1 is 0.382 bits per heavy atom. The fourth-order valence-electron chi connectivity index (χ4n) is 8.63. The van der Waals surface area contributed by atoms with Crippen molar-refractivity contribution in [3.63, 3.8) is 0 Å². The fourth-order valence-corrected chi connectivity index (χ4v) is 8.63. The van der Waals surface area contributed by atoms with Gasteiger partial charge in [-0.05, 0) is 90.0 Å². The monoisotopic (exact) mass is 700 g/mol. The second kappa shape index (κ2) is 11.8. The lowest BCUT2D eigenvalue weighted by Crippen LogP contribution is -1.99. The molecule has 6 heteroatoms. The maximum absolute atomic E-state index is 10.3. The summed E-state index contributed by atoms with van der Waals surface area (Å²) in [5, 5.41) is 26.7. The van der Waals surface area contributed by atoms with E-state index in [1.54, 1.807) is 0 Å². The Morgan fingerprint density at radius 2 is 1.00 bits per heavy atom. The van der Waals surface area contributed by atoms with Gasteiger partial charge in [-0.15, -0.1) is 0 Å². The van der Waals surface area contributed by atoms with Crippen molar-refractivity contribution in [2.75, 3.05) is 0 Å². The molecule has 4 aromatic heterocycles. The number of pyridine rings is 1. The summed E-state index contributed by atoms with van der Waals surface area (Å²) in [6.45, 7) is 0. The maximum atomic E-state index is 10.3. The highest BCUT2D eigenvalue weighted by molar-refractivity contribution is 6.23. The summed E-state index contributed by atoms with van der Waals surface area (Å²) in [5.41, 5.74) is 12.4. The summed E-state index contributed by atoms with van der Waals surface area (Å²) in [6.07, 6.45) is 3.82. The summed E-state index contributed by atoms with van der Waals surface area (Å²) < 4.78 is 6.92. The van der Waals surface area contributed by atoms with Crippen LogP contribution in [-0.4, -0.2) is 18.7 Å². The first-order valence-corrected chi connectivity index (χ1v) is 18.2. The Kier molecular flexibility index (Phi) is 6.58. The zero-order valence-electron chi connectivity index (χ0n) is 29.3. The van der Waals surface area contributed by atoms with Crippen LogP contribution in [0.3, 0.4) is 0 Å². The number of para-hydroxylation sites is 3. The summed E-state index contributed by atoms with van der Waals surface area (Å²) in [6, 6.07) is 59.1. The predicted octanol–water partition coefficient (Wildman–Crippen LogP) is 11.8. The molecule has 11 aromatic rings. The average Bonchev–Trinajstić information content (AvgIpc) is 3.89. The normalized spacial score (nSPS) is 11.6. The summed E-state index contributed by atoms with van der Waals surface area (Å²) in [4.78, 5) is 4.62. The number of hydrogen-bond acceptors (Lipinski definition) is 3. The molecule has 7 aromatic carbocycles. The number of nitrogens with zero attached hydrogens (tertiary/aromatic N) is 6. The molecule has 6 nitrogen and oxygen atoms in total. The molecule has 0 amide bonds. The van der Waals surface area contributed by atoms with Crippen LogP contribution in [0.4, 0.5) is 0 Å². The SMILES string of the molecule is N#Cc1cc(-c2cccc(-n3c4cnccc4c4ccc5c6ccccc6n(-c6ccccc6)c5c43)c2)cc(-n2c3ccccc3c3cc(C#N)ccc32)c1. The second-order valence-corrected chi connectivity index (χ2v) is 13.9. The van der Waals surface area contributed by atoms with E-state index < -0.39 is 0 Å². The van der Waals surface area contributed by atoms with Gasteiger partial charge >= 0.3 is 0 Å². The van der Waals surface area contributed by atoms with Gasteiger partial charge in [-0.1, -0.05) is 78.9 Å². The quantitative estimate of drug-likeness (QED) is 0.183. The highest BCUT2D eigenvalue weighted by atomic mass is 15.0. The first-order chi connectivity index (χ1) is 27.2. The van der Waals surface area contributed by atoms with Gasteiger partial charge < -0.3 is 13.7 Å². The molecule has 0 saturated heterocycles. The van der Waals surface area contributed by atoms with Gasteiger partial charge in [-0.2, -0.15) is 10.5 Å². The molecule has 4 heterocycles. The maximum Gasteiger partial charge on any atom is 0.0992 e. The molecule has 0 unspecified atom stereocenters. The summed E-state index contributed by atoms with van der Waals surface area (Å²) >= 11 is 0. The van der Waals surface area contributed by atoms with Crippen molar-refractivity contribution in [3.8, 4) is 40.3 Å².